The van der Waals surface area contributed by atoms with E-state index >= 15 is 8.78 Å². The first-order valence-electron chi connectivity index (χ1n) is 15.2. The number of nitrogens with zero attached hydrogens (tertiary/aromatic N) is 6. The third-order valence-corrected chi connectivity index (χ3v) is 8.25. The maximum Gasteiger partial charge on any atom is 0.355 e. The lowest BCUT2D eigenvalue weighted by molar-refractivity contribution is -0.126. The van der Waals surface area contributed by atoms with Gasteiger partial charge in [-0.15, -0.1) is 0 Å². The minimum Gasteiger partial charge on any atom is -0.493 e. The zero-order valence-electron chi connectivity index (χ0n) is 25.9. The minimum atomic E-state index is -0.781. The number of fused-ring (bicyclic) bond motifs is 3. The summed E-state index contributed by atoms with van der Waals surface area (Å²) >= 11 is 0. The first-order chi connectivity index (χ1) is 21.7. The van der Waals surface area contributed by atoms with Crippen molar-refractivity contribution in [3.63, 3.8) is 0 Å². The predicted octanol–water partition coefficient (Wildman–Crippen LogP) is 5.99. The number of halogens is 2. The van der Waals surface area contributed by atoms with Crippen molar-refractivity contribution in [2.45, 2.75) is 52.5 Å². The number of amides is 1. The molecule has 4 heterocycles. The number of aromatic nitrogens is 3. The van der Waals surface area contributed by atoms with Crippen LogP contribution in [-0.2, 0) is 4.79 Å². The SMILES string of the molecule is C=CC(=O)N1CCN(c2nc(=O)n3c4nc(c(F)cc24)-c2c(F)cccc2OCCCCCC(/C=C\N=C)=C\3C(C)C)[C@@H](C)C1. The molecule has 2 bridgehead atoms. The number of hydrogen-bond acceptors (Lipinski definition) is 7. The van der Waals surface area contributed by atoms with E-state index in [0.29, 0.717) is 50.2 Å². The topological polar surface area (TPSA) is 92.9 Å². The fraction of sp³-hybridized carbons (Fsp3) is 0.382. The fourth-order valence-electron chi connectivity index (χ4n) is 6.16. The van der Waals surface area contributed by atoms with Crippen molar-refractivity contribution in [1.29, 1.82) is 0 Å². The van der Waals surface area contributed by atoms with Crippen LogP contribution in [0.25, 0.3) is 28.0 Å². The van der Waals surface area contributed by atoms with Crippen LogP contribution in [0, 0.1) is 17.6 Å². The summed E-state index contributed by atoms with van der Waals surface area (Å²) in [6.45, 7) is 14.4. The summed E-state index contributed by atoms with van der Waals surface area (Å²) in [5, 5.41) is 0.292. The molecule has 5 rings (SSSR count). The number of ether oxygens (including phenoxy) is 1. The molecule has 3 aromatic rings. The van der Waals surface area contributed by atoms with Crippen molar-refractivity contribution in [1.82, 2.24) is 19.4 Å². The van der Waals surface area contributed by atoms with Crippen LogP contribution < -0.4 is 15.3 Å². The largest absolute Gasteiger partial charge is 0.493 e. The van der Waals surface area contributed by atoms with Gasteiger partial charge in [-0.2, -0.15) is 4.98 Å². The third kappa shape index (κ3) is 6.29. The number of hydrogen-bond donors (Lipinski definition) is 0. The van der Waals surface area contributed by atoms with Crippen molar-refractivity contribution in [2.24, 2.45) is 10.9 Å². The van der Waals surface area contributed by atoms with Crippen LogP contribution in [0.4, 0.5) is 14.6 Å². The Balaban J connectivity index is 1.86. The molecular weight excluding hydrogens is 578 g/mol. The number of benzene rings is 1. The number of piperazine rings is 1. The molecular formula is C34H38F2N6O3. The molecule has 1 atom stereocenters. The van der Waals surface area contributed by atoms with Crippen molar-refractivity contribution in [3.8, 4) is 17.0 Å². The van der Waals surface area contributed by atoms with E-state index in [1.54, 1.807) is 17.2 Å². The average Bonchev–Trinajstić information content (AvgIpc) is 3.01. The van der Waals surface area contributed by atoms with Gasteiger partial charge in [0, 0.05) is 37.6 Å². The van der Waals surface area contributed by atoms with Crippen LogP contribution in [-0.4, -0.2) is 64.3 Å². The Morgan fingerprint density at radius 1 is 1.16 bits per heavy atom. The molecule has 9 nitrogen and oxygen atoms in total. The van der Waals surface area contributed by atoms with Gasteiger partial charge in [0.05, 0.1) is 17.6 Å². The standard InChI is InChI=1S/C34H38F2N6O3/c1-6-28(43)40-16-17-41(22(4)20-40)32-24-19-26(36)30-29-25(35)12-10-13-27(29)45-18-9-7-8-11-23(14-15-37-5)31(21(2)3)42(33(24)38-30)34(44)39-32/h6,10,12-15,19,21-22H,1,5,7-9,11,16-18,20H2,2-4H3/b15-14-,31-23+/t22-/m0/s1. The van der Waals surface area contributed by atoms with Gasteiger partial charge in [0.2, 0.25) is 5.91 Å². The minimum absolute atomic E-state index is 0.109. The number of carbonyl (C=O) groups is 1. The molecule has 11 heteroatoms. The Morgan fingerprint density at radius 2 is 1.96 bits per heavy atom. The molecule has 236 valence electrons. The summed E-state index contributed by atoms with van der Waals surface area (Å²) in [5.74, 6) is -1.41. The highest BCUT2D eigenvalue weighted by atomic mass is 19.1. The smallest absolute Gasteiger partial charge is 0.355 e. The van der Waals surface area contributed by atoms with E-state index < -0.39 is 17.3 Å². The normalized spacial score (nSPS) is 19.5. The lowest BCUT2D eigenvalue weighted by atomic mass is 9.98. The molecule has 2 aliphatic heterocycles. The molecule has 2 aliphatic rings. The van der Waals surface area contributed by atoms with E-state index in [-0.39, 0.29) is 46.3 Å². The molecule has 0 aliphatic carbocycles. The van der Waals surface area contributed by atoms with Gasteiger partial charge >= 0.3 is 5.69 Å². The Kier molecular flexibility index (Phi) is 9.55. The summed E-state index contributed by atoms with van der Waals surface area (Å²) in [6.07, 6.45) is 7.61. The van der Waals surface area contributed by atoms with Crippen molar-refractivity contribution in [2.75, 3.05) is 31.1 Å². The van der Waals surface area contributed by atoms with Gasteiger partial charge in [0.1, 0.15) is 23.1 Å². The molecule has 0 radical (unpaired) electrons. The Bertz CT molecular complexity index is 1760. The quantitative estimate of drug-likeness (QED) is 0.258. The first kappa shape index (κ1) is 31.7. The first-order valence-corrected chi connectivity index (χ1v) is 15.2. The molecule has 2 aromatic heterocycles. The molecule has 1 fully saturated rings. The van der Waals surface area contributed by atoms with E-state index in [2.05, 4.69) is 23.3 Å². The zero-order chi connectivity index (χ0) is 32.2. The number of carbonyl (C=O) groups excluding carboxylic acids is 1. The van der Waals surface area contributed by atoms with E-state index in [0.717, 1.165) is 18.4 Å². The monoisotopic (exact) mass is 616 g/mol. The van der Waals surface area contributed by atoms with Crippen molar-refractivity contribution in [3.05, 3.63) is 76.9 Å². The molecule has 1 amide bonds. The lowest BCUT2D eigenvalue weighted by Gasteiger charge is -2.40. The Morgan fingerprint density at radius 3 is 2.67 bits per heavy atom. The molecule has 0 unspecified atom stereocenters. The second-order valence-corrected chi connectivity index (χ2v) is 11.6. The van der Waals surface area contributed by atoms with E-state index in [4.69, 9.17) is 9.72 Å². The van der Waals surface area contributed by atoms with Gasteiger partial charge in [0.15, 0.2) is 11.5 Å². The molecule has 1 saturated heterocycles. The van der Waals surface area contributed by atoms with Gasteiger partial charge in [-0.05, 0) is 81.2 Å². The summed E-state index contributed by atoms with van der Waals surface area (Å²) in [6, 6.07) is 5.36. The van der Waals surface area contributed by atoms with Crippen LogP contribution in [0.3, 0.4) is 0 Å². The maximum atomic E-state index is 16.2. The van der Waals surface area contributed by atoms with Gasteiger partial charge in [-0.1, -0.05) is 26.5 Å². The molecule has 0 N–H and O–H groups in total. The number of anilines is 1. The van der Waals surface area contributed by atoms with Crippen LogP contribution >= 0.6 is 0 Å². The lowest BCUT2D eigenvalue weighted by Crippen LogP contribution is -2.54. The highest BCUT2D eigenvalue weighted by molar-refractivity contribution is 5.92. The fourth-order valence-corrected chi connectivity index (χ4v) is 6.16. The Labute approximate surface area is 261 Å². The molecule has 0 spiro atoms. The van der Waals surface area contributed by atoms with E-state index in [9.17, 15) is 9.59 Å². The summed E-state index contributed by atoms with van der Waals surface area (Å²) in [5.41, 5.74) is 0.661. The van der Waals surface area contributed by atoms with Crippen molar-refractivity contribution < 1.29 is 18.3 Å². The van der Waals surface area contributed by atoms with Crippen LogP contribution in [0.5, 0.6) is 5.75 Å². The molecule has 1 aromatic carbocycles. The predicted molar refractivity (Wildman–Crippen MR) is 173 cm³/mol. The van der Waals surface area contributed by atoms with Gasteiger partial charge in [-0.3, -0.25) is 9.79 Å². The van der Waals surface area contributed by atoms with Crippen LogP contribution in [0.15, 0.2) is 64.6 Å². The number of rotatable bonds is 5. The second-order valence-electron chi connectivity index (χ2n) is 11.6. The van der Waals surface area contributed by atoms with E-state index in [1.807, 2.05) is 31.7 Å². The third-order valence-electron chi connectivity index (χ3n) is 8.25. The summed E-state index contributed by atoms with van der Waals surface area (Å²) in [4.78, 5) is 43.2. The number of pyridine rings is 1. The molecule has 0 saturated carbocycles. The molecule has 45 heavy (non-hydrogen) atoms. The zero-order valence-corrected chi connectivity index (χ0v) is 25.9. The maximum absolute atomic E-state index is 16.2. The summed E-state index contributed by atoms with van der Waals surface area (Å²) in [7, 11) is 0. The van der Waals surface area contributed by atoms with Gasteiger partial charge < -0.3 is 14.5 Å². The highest BCUT2D eigenvalue weighted by Crippen LogP contribution is 2.38. The second kappa shape index (κ2) is 13.5. The number of allylic oxidation sites excluding steroid dienone is 3. The van der Waals surface area contributed by atoms with Crippen molar-refractivity contribution >= 4 is 35.2 Å². The van der Waals surface area contributed by atoms with Crippen LogP contribution in [0.1, 0.15) is 46.5 Å². The Hall–Kier alpha value is -4.67. The van der Waals surface area contributed by atoms with Gasteiger partial charge in [0.25, 0.3) is 0 Å². The van der Waals surface area contributed by atoms with Gasteiger partial charge in [-0.25, -0.2) is 23.1 Å². The average molecular weight is 617 g/mol. The van der Waals surface area contributed by atoms with Crippen LogP contribution in [0.2, 0.25) is 0 Å². The van der Waals surface area contributed by atoms with E-state index in [1.165, 1.54) is 28.8 Å². The highest BCUT2D eigenvalue weighted by Gasteiger charge is 2.31. The summed E-state index contributed by atoms with van der Waals surface area (Å²) < 4.78 is 39.1. The number of aliphatic imine (C=N–C) groups is 1.